The van der Waals surface area contributed by atoms with E-state index in [0.717, 1.165) is 31.2 Å². The molecule has 0 bridgehead atoms. The molecule has 0 spiro atoms. The third-order valence-electron chi connectivity index (χ3n) is 8.61. The number of ether oxygens (including phenoxy) is 1. The molecule has 2 saturated carbocycles. The molecule has 0 aromatic heterocycles. The molecular formula is C30H44N3O6P. The van der Waals surface area contributed by atoms with Gasteiger partial charge in [0, 0.05) is 19.5 Å². The predicted octanol–water partition coefficient (Wildman–Crippen LogP) is 4.89. The molecule has 3 aliphatic rings. The van der Waals surface area contributed by atoms with Crippen LogP contribution in [0.4, 0.5) is 4.79 Å². The second-order valence-electron chi connectivity index (χ2n) is 12.7. The van der Waals surface area contributed by atoms with Gasteiger partial charge >= 0.3 is 6.09 Å². The number of nitrogens with one attached hydrogen (secondary N) is 1. The third-order valence-corrected chi connectivity index (χ3v) is 11.3. The number of carbonyl (C=O) groups is 3. The van der Waals surface area contributed by atoms with Gasteiger partial charge in [-0.25, -0.2) is 4.79 Å². The van der Waals surface area contributed by atoms with E-state index in [2.05, 4.69) is 11.9 Å². The fourth-order valence-corrected chi connectivity index (χ4v) is 8.75. The van der Waals surface area contributed by atoms with E-state index in [-0.39, 0.29) is 24.1 Å². The van der Waals surface area contributed by atoms with Gasteiger partial charge in [-0.1, -0.05) is 57.2 Å². The maximum absolute atomic E-state index is 14.0. The van der Waals surface area contributed by atoms with Gasteiger partial charge in [0.05, 0.1) is 6.16 Å². The summed E-state index contributed by atoms with van der Waals surface area (Å²) < 4.78 is 19.4. The first-order valence-corrected chi connectivity index (χ1v) is 16.2. The summed E-state index contributed by atoms with van der Waals surface area (Å²) in [5.74, 6) is -1.10. The van der Waals surface area contributed by atoms with Crippen LogP contribution in [0.3, 0.4) is 0 Å². The molecule has 5 atom stereocenters. The van der Waals surface area contributed by atoms with E-state index in [9.17, 15) is 23.8 Å². The fourth-order valence-electron chi connectivity index (χ4n) is 6.37. The smallest absolute Gasteiger partial charge is 0.410 e. The zero-order valence-corrected chi connectivity index (χ0v) is 25.1. The summed E-state index contributed by atoms with van der Waals surface area (Å²) in [6, 6.07) is 7.42. The van der Waals surface area contributed by atoms with Crippen molar-refractivity contribution >= 4 is 25.3 Å². The number of hydrogen-bond acceptors (Lipinski definition) is 5. The second-order valence-corrected chi connectivity index (χ2v) is 15.2. The molecule has 1 heterocycles. The number of rotatable bonds is 9. The summed E-state index contributed by atoms with van der Waals surface area (Å²) in [6.07, 6.45) is 5.97. The highest BCUT2D eigenvalue weighted by atomic mass is 31.2. The maximum Gasteiger partial charge on any atom is 0.410 e. The van der Waals surface area contributed by atoms with Gasteiger partial charge in [0.15, 0.2) is 0 Å². The highest BCUT2D eigenvalue weighted by Gasteiger charge is 2.65. The minimum atomic E-state index is -3.88. The number of nitrogens with zero attached hydrogens (tertiary/aromatic N) is 2. The zero-order chi connectivity index (χ0) is 29.3. The second kappa shape index (κ2) is 11.7. The van der Waals surface area contributed by atoms with Gasteiger partial charge in [-0.3, -0.25) is 19.1 Å². The topological polar surface area (TPSA) is 116 Å². The molecule has 220 valence electrons. The Labute approximate surface area is 237 Å². The first-order valence-electron chi connectivity index (χ1n) is 14.3. The van der Waals surface area contributed by atoms with Crippen LogP contribution in [-0.4, -0.2) is 69.7 Å². The van der Waals surface area contributed by atoms with Gasteiger partial charge in [-0.05, 0) is 55.9 Å². The molecule has 0 radical (unpaired) electrons. The first-order chi connectivity index (χ1) is 18.8. The molecule has 1 saturated heterocycles. The number of carbonyl (C=O) groups excluding carboxylic acids is 3. The lowest BCUT2D eigenvalue weighted by atomic mass is 9.84. The molecule has 1 aliphatic heterocycles. The van der Waals surface area contributed by atoms with Crippen LogP contribution in [0.2, 0.25) is 0 Å². The summed E-state index contributed by atoms with van der Waals surface area (Å²) in [5, 5.41) is 1.61. The Morgan fingerprint density at radius 1 is 1.20 bits per heavy atom. The van der Waals surface area contributed by atoms with Crippen molar-refractivity contribution in [3.8, 4) is 0 Å². The van der Waals surface area contributed by atoms with Crippen molar-refractivity contribution in [2.75, 3.05) is 13.6 Å². The molecular weight excluding hydrogens is 529 g/mol. The lowest BCUT2D eigenvalue weighted by Gasteiger charge is -2.40. The maximum atomic E-state index is 14.0. The van der Waals surface area contributed by atoms with Crippen LogP contribution >= 0.6 is 7.37 Å². The summed E-state index contributed by atoms with van der Waals surface area (Å²) in [6.45, 7) is 9.85. The molecule has 1 aromatic carbocycles. The standard InChI is InChI=1S/C30H44N3O6P/c1-6-22-19-30(22,40(37,38)20-21-13-8-7-9-14-21)31-26(34)24-17-12-18-33(24)27(35)25(29(2,3)4)32(5)28(36)39-23-15-10-11-16-23/h6-9,13-14,22-25H,1,10-12,15-20H2,2-5H3,(H,31,34)(H,37,38)/t22-,24+,25-,30+/m1/s1. The van der Waals surface area contributed by atoms with Gasteiger partial charge in [0.1, 0.15) is 23.5 Å². The Balaban J connectivity index is 1.51. The molecule has 2 N–H and O–H groups in total. The van der Waals surface area contributed by atoms with Gasteiger partial charge < -0.3 is 19.8 Å². The third kappa shape index (κ3) is 6.15. The van der Waals surface area contributed by atoms with Crippen LogP contribution < -0.4 is 5.32 Å². The van der Waals surface area contributed by atoms with Crippen molar-refractivity contribution in [1.29, 1.82) is 0 Å². The van der Waals surface area contributed by atoms with Crippen LogP contribution in [0.25, 0.3) is 0 Å². The van der Waals surface area contributed by atoms with Crippen LogP contribution in [0.1, 0.15) is 71.3 Å². The van der Waals surface area contributed by atoms with Crippen LogP contribution in [0, 0.1) is 11.3 Å². The van der Waals surface area contributed by atoms with E-state index in [1.165, 1.54) is 9.80 Å². The largest absolute Gasteiger partial charge is 0.446 e. The Kier molecular flexibility index (Phi) is 8.86. The van der Waals surface area contributed by atoms with E-state index in [1.54, 1.807) is 25.3 Å². The average Bonchev–Trinajstić information content (AvgIpc) is 3.22. The average molecular weight is 574 g/mol. The van der Waals surface area contributed by atoms with Crippen molar-refractivity contribution in [2.24, 2.45) is 11.3 Å². The summed E-state index contributed by atoms with van der Waals surface area (Å²) in [4.78, 5) is 54.9. The fraction of sp³-hybridized carbons (Fsp3) is 0.633. The van der Waals surface area contributed by atoms with E-state index < -0.39 is 42.1 Å². The van der Waals surface area contributed by atoms with Crippen molar-refractivity contribution < 1.29 is 28.6 Å². The number of hydrogen-bond donors (Lipinski definition) is 2. The Bertz CT molecular complexity index is 1160. The molecule has 10 heteroatoms. The summed E-state index contributed by atoms with van der Waals surface area (Å²) in [5.41, 5.74) is 0.0987. The van der Waals surface area contributed by atoms with Crippen LogP contribution in [0.5, 0.6) is 0 Å². The normalized spacial score (nSPS) is 27.0. The zero-order valence-electron chi connectivity index (χ0n) is 24.2. The van der Waals surface area contributed by atoms with E-state index in [4.69, 9.17) is 4.74 Å². The lowest BCUT2D eigenvalue weighted by Crippen LogP contribution is -2.59. The van der Waals surface area contributed by atoms with Crippen LogP contribution in [0.15, 0.2) is 43.0 Å². The highest BCUT2D eigenvalue weighted by molar-refractivity contribution is 7.59. The van der Waals surface area contributed by atoms with Gasteiger partial charge in [0.25, 0.3) is 0 Å². The molecule has 3 amide bonds. The minimum absolute atomic E-state index is 0.0637. The summed E-state index contributed by atoms with van der Waals surface area (Å²) in [7, 11) is -2.30. The quantitative estimate of drug-likeness (QED) is 0.321. The number of likely N-dealkylation sites (N-methyl/N-ethyl adjacent to an activating group) is 1. The van der Waals surface area contributed by atoms with Crippen molar-refractivity contribution in [3.63, 3.8) is 0 Å². The Hall–Kier alpha value is -2.64. The van der Waals surface area contributed by atoms with Crippen molar-refractivity contribution in [1.82, 2.24) is 15.1 Å². The van der Waals surface area contributed by atoms with E-state index in [1.807, 2.05) is 39.0 Å². The predicted molar refractivity (Wildman–Crippen MR) is 154 cm³/mol. The van der Waals surface area contributed by atoms with E-state index in [0.29, 0.717) is 25.8 Å². The van der Waals surface area contributed by atoms with Crippen molar-refractivity contribution in [2.45, 2.75) is 95.3 Å². The van der Waals surface area contributed by atoms with Crippen molar-refractivity contribution in [3.05, 3.63) is 48.6 Å². The lowest BCUT2D eigenvalue weighted by molar-refractivity contribution is -0.145. The minimum Gasteiger partial charge on any atom is -0.446 e. The molecule has 1 aromatic rings. The summed E-state index contributed by atoms with van der Waals surface area (Å²) >= 11 is 0. The van der Waals surface area contributed by atoms with Crippen LogP contribution in [-0.2, 0) is 25.1 Å². The van der Waals surface area contributed by atoms with Gasteiger partial charge in [0.2, 0.25) is 19.2 Å². The number of likely N-dealkylation sites (tertiary alicyclic amines) is 1. The number of amides is 3. The van der Waals surface area contributed by atoms with Gasteiger partial charge in [-0.2, -0.15) is 0 Å². The van der Waals surface area contributed by atoms with E-state index >= 15 is 0 Å². The van der Waals surface area contributed by atoms with Gasteiger partial charge in [-0.15, -0.1) is 6.58 Å². The monoisotopic (exact) mass is 573 g/mol. The number of benzene rings is 1. The first kappa shape index (κ1) is 30.3. The molecule has 2 aliphatic carbocycles. The molecule has 9 nitrogen and oxygen atoms in total. The molecule has 4 rings (SSSR count). The highest BCUT2D eigenvalue weighted by Crippen LogP contribution is 2.70. The SMILES string of the molecule is C=C[C@@H]1C[C@]1(NC(=O)[C@@H]1CCCN1C(=O)[C@@H](N(C)C(=O)OC1CCCC1)C(C)(C)C)P(=O)(O)Cc1ccccc1. The molecule has 1 unspecified atom stereocenters. The Morgan fingerprint density at radius 2 is 1.85 bits per heavy atom. The Morgan fingerprint density at radius 3 is 2.42 bits per heavy atom. The molecule has 40 heavy (non-hydrogen) atoms. The molecule has 3 fully saturated rings.